The molecule has 1 radical (unpaired) electrons. The lowest BCUT2D eigenvalue weighted by molar-refractivity contribution is 0.0818. The van der Waals surface area contributed by atoms with Crippen molar-refractivity contribution in [2.24, 2.45) is 0 Å². The fraction of sp³-hybridized carbons (Fsp3) is 0.520. The second kappa shape index (κ2) is 10.2. The van der Waals surface area contributed by atoms with Crippen molar-refractivity contribution < 1.29 is 13.6 Å². The van der Waals surface area contributed by atoms with E-state index in [1.54, 1.807) is 17.4 Å². The summed E-state index contributed by atoms with van der Waals surface area (Å²) in [6.07, 6.45) is 1.50. The van der Waals surface area contributed by atoms with Crippen LogP contribution in [0.2, 0.25) is 16.6 Å². The van der Waals surface area contributed by atoms with Gasteiger partial charge in [-0.15, -0.1) is 0 Å². The van der Waals surface area contributed by atoms with Crippen molar-refractivity contribution in [1.82, 2.24) is 19.7 Å². The van der Waals surface area contributed by atoms with Crippen LogP contribution in [-0.4, -0.2) is 34.2 Å². The van der Waals surface area contributed by atoms with E-state index in [1.165, 1.54) is 24.2 Å². The number of nitrogens with two attached hydrogens (primary N) is 1. The number of anilines is 1. The molecule has 3 aromatic rings. The van der Waals surface area contributed by atoms with Gasteiger partial charge in [-0.25, -0.2) is 19.0 Å². The molecule has 10 heteroatoms. The lowest BCUT2D eigenvalue weighted by Crippen LogP contribution is -2.50. The Labute approximate surface area is 212 Å². The molecule has 2 atom stereocenters. The first-order valence-corrected chi connectivity index (χ1v) is 15.1. The van der Waals surface area contributed by atoms with E-state index in [2.05, 4.69) is 51.5 Å². The summed E-state index contributed by atoms with van der Waals surface area (Å²) < 4.78 is 29.3. The minimum Gasteiger partial charge on any atom is -0.410 e. The smallest absolute Gasteiger partial charge is 0.200 e. The molecule has 0 amide bonds. The van der Waals surface area contributed by atoms with Gasteiger partial charge in [0.1, 0.15) is 29.6 Å². The van der Waals surface area contributed by atoms with Gasteiger partial charge in [-0.1, -0.05) is 59.4 Å². The lowest BCUT2D eigenvalue weighted by Gasteiger charge is -2.43. The Morgan fingerprint density at radius 1 is 1.14 bits per heavy atom. The van der Waals surface area contributed by atoms with Crippen molar-refractivity contribution in [2.45, 2.75) is 93.8 Å². The van der Waals surface area contributed by atoms with Crippen LogP contribution in [0.1, 0.15) is 59.8 Å². The zero-order chi connectivity index (χ0) is 25.5. The largest absolute Gasteiger partial charge is 0.410 e. The molecule has 0 saturated carbocycles. The molecule has 2 unspecified atom stereocenters. The number of rotatable bonds is 8. The normalized spacial score (nSPS) is 19.1. The highest BCUT2D eigenvalue weighted by molar-refractivity contribution is 7.99. The summed E-state index contributed by atoms with van der Waals surface area (Å²) in [6.45, 7) is 17.3. The molecule has 0 aliphatic carbocycles. The van der Waals surface area contributed by atoms with Gasteiger partial charge >= 0.3 is 0 Å². The molecule has 4 rings (SSSR count). The maximum atomic E-state index is 14.6. The van der Waals surface area contributed by atoms with Crippen molar-refractivity contribution in [2.75, 3.05) is 5.73 Å². The van der Waals surface area contributed by atoms with E-state index in [-0.39, 0.29) is 11.9 Å². The van der Waals surface area contributed by atoms with Crippen molar-refractivity contribution in [3.05, 3.63) is 42.5 Å². The number of nitrogens with zero attached hydrogens (tertiary/aromatic N) is 4. The van der Waals surface area contributed by atoms with Gasteiger partial charge in [0.25, 0.3) is 0 Å². The van der Waals surface area contributed by atoms with Gasteiger partial charge in [0.05, 0.1) is 11.5 Å². The van der Waals surface area contributed by atoms with Gasteiger partial charge in [-0.3, -0.25) is 0 Å². The molecule has 0 bridgehead atoms. The average molecular weight is 517 g/mol. The summed E-state index contributed by atoms with van der Waals surface area (Å²) in [4.78, 5) is 9.06. The molecule has 189 valence electrons. The Morgan fingerprint density at radius 2 is 1.83 bits per heavy atom. The maximum Gasteiger partial charge on any atom is 0.200 e. The van der Waals surface area contributed by atoms with Crippen molar-refractivity contribution in [1.29, 1.82) is 0 Å². The monoisotopic (exact) mass is 516 g/mol. The number of halogens is 1. The lowest BCUT2D eigenvalue weighted by atomic mass is 10.2. The highest BCUT2D eigenvalue weighted by atomic mass is 32.2. The summed E-state index contributed by atoms with van der Waals surface area (Å²) in [6, 6.07) is 5.13. The van der Waals surface area contributed by atoms with E-state index >= 15 is 0 Å². The quantitative estimate of drug-likeness (QED) is 0.335. The van der Waals surface area contributed by atoms with E-state index in [9.17, 15) is 4.39 Å². The number of hydrogen-bond acceptors (Lipinski definition) is 7. The SMILES string of the molecule is Cc1ccc(Sc2nn(C3CC(O[Si](C(C)C)(C(C)C)C(C)C)[CH]O3)c3ncnc(N)c23)c(F)c1. The van der Waals surface area contributed by atoms with Crippen LogP contribution in [0.25, 0.3) is 11.0 Å². The van der Waals surface area contributed by atoms with Gasteiger partial charge in [0.15, 0.2) is 11.9 Å². The number of aromatic nitrogens is 4. The van der Waals surface area contributed by atoms with E-state index in [0.29, 0.717) is 49.8 Å². The van der Waals surface area contributed by atoms with Crippen LogP contribution < -0.4 is 5.73 Å². The molecule has 0 spiro atoms. The minimum atomic E-state index is -2.07. The minimum absolute atomic E-state index is 0.136. The van der Waals surface area contributed by atoms with Crippen LogP contribution in [0.5, 0.6) is 0 Å². The van der Waals surface area contributed by atoms with E-state index in [1.807, 2.05) is 13.0 Å². The van der Waals surface area contributed by atoms with Crippen molar-refractivity contribution in [3.8, 4) is 0 Å². The van der Waals surface area contributed by atoms with Crippen LogP contribution in [-0.2, 0) is 9.16 Å². The van der Waals surface area contributed by atoms with Gasteiger partial charge in [-0.2, -0.15) is 5.10 Å². The first-order valence-electron chi connectivity index (χ1n) is 12.1. The predicted molar refractivity (Wildman–Crippen MR) is 140 cm³/mol. The zero-order valence-corrected chi connectivity index (χ0v) is 23.3. The maximum absolute atomic E-state index is 14.6. The highest BCUT2D eigenvalue weighted by Crippen LogP contribution is 2.46. The predicted octanol–water partition coefficient (Wildman–Crippen LogP) is 6.65. The summed E-state index contributed by atoms with van der Waals surface area (Å²) >= 11 is 1.21. The van der Waals surface area contributed by atoms with Crippen molar-refractivity contribution in [3.63, 3.8) is 0 Å². The highest BCUT2D eigenvalue weighted by Gasteiger charge is 2.48. The standard InChI is InChI=1S/C25H35FN5O2SSi/c1-14(2)35(15(3)4,16(5)6)33-18-11-21(32-12-18)31-24-22(23(27)28-13-29-24)25(30-31)34-20-9-8-17(7)10-19(20)26/h8-10,12-16,18,21H,11H2,1-7H3,(H2,27,28,29). The summed E-state index contributed by atoms with van der Waals surface area (Å²) in [5.41, 5.74) is 9.05. The van der Waals surface area contributed by atoms with Crippen LogP contribution in [0.15, 0.2) is 34.4 Å². The molecule has 7 nitrogen and oxygen atoms in total. The fourth-order valence-corrected chi connectivity index (χ4v) is 11.8. The molecular formula is C25H35FN5O2SSi. The zero-order valence-electron chi connectivity index (χ0n) is 21.4. The molecule has 2 N–H and O–H groups in total. The van der Waals surface area contributed by atoms with Gasteiger partial charge in [0, 0.05) is 11.3 Å². The van der Waals surface area contributed by atoms with Crippen LogP contribution in [0, 0.1) is 19.3 Å². The fourth-order valence-electron chi connectivity index (χ4n) is 5.42. The molecule has 35 heavy (non-hydrogen) atoms. The second-order valence-electron chi connectivity index (χ2n) is 10.2. The van der Waals surface area contributed by atoms with Crippen molar-refractivity contribution >= 4 is 36.9 Å². The molecule has 1 fully saturated rings. The molecule has 1 aromatic carbocycles. The summed E-state index contributed by atoms with van der Waals surface area (Å²) in [7, 11) is -2.07. The van der Waals surface area contributed by atoms with Crippen LogP contribution >= 0.6 is 11.8 Å². The number of hydrogen-bond donors (Lipinski definition) is 1. The Morgan fingerprint density at radius 3 is 2.46 bits per heavy atom. The third kappa shape index (κ3) is 4.85. The number of aryl methyl sites for hydroxylation is 1. The van der Waals surface area contributed by atoms with Gasteiger partial charge in [0.2, 0.25) is 8.32 Å². The first kappa shape index (κ1) is 26.1. The topological polar surface area (TPSA) is 88.1 Å². The van der Waals surface area contributed by atoms with Gasteiger partial charge in [-0.05, 0) is 41.2 Å². The summed E-state index contributed by atoms with van der Waals surface area (Å²) in [5, 5.41) is 5.91. The summed E-state index contributed by atoms with van der Waals surface area (Å²) in [5.74, 6) is 0.00119. The number of benzene rings is 1. The number of nitrogen functional groups attached to an aromatic ring is 1. The van der Waals surface area contributed by atoms with Crippen LogP contribution in [0.4, 0.5) is 10.2 Å². The number of ether oxygens (including phenoxy) is 1. The molecule has 2 aromatic heterocycles. The van der Waals surface area contributed by atoms with E-state index in [0.717, 1.165) is 5.56 Å². The Kier molecular flexibility index (Phi) is 7.56. The molecule has 3 heterocycles. The first-order chi connectivity index (χ1) is 16.5. The Hall–Kier alpha value is -2.01. The second-order valence-corrected chi connectivity index (χ2v) is 16.6. The van der Waals surface area contributed by atoms with Crippen LogP contribution in [0.3, 0.4) is 0 Å². The number of fused-ring (bicyclic) bond motifs is 1. The van der Waals surface area contributed by atoms with Gasteiger partial charge < -0.3 is 14.9 Å². The van der Waals surface area contributed by atoms with E-state index < -0.39 is 14.5 Å². The third-order valence-electron chi connectivity index (χ3n) is 6.94. The molecule has 1 aliphatic rings. The third-order valence-corrected chi connectivity index (χ3v) is 14.1. The Bertz CT molecular complexity index is 1180. The Balaban J connectivity index is 1.64. The molecule has 1 aliphatic heterocycles. The average Bonchev–Trinajstić information content (AvgIpc) is 3.38. The molecular weight excluding hydrogens is 481 g/mol. The molecule has 1 saturated heterocycles. The van der Waals surface area contributed by atoms with E-state index in [4.69, 9.17) is 20.0 Å².